The number of halogens is 4. The average Bonchev–Trinajstić information content (AvgIpc) is 3.04. The van der Waals surface area contributed by atoms with Crippen LogP contribution in [-0.2, 0) is 16.1 Å². The quantitative estimate of drug-likeness (QED) is 0.300. The first-order valence-electron chi connectivity index (χ1n) is 9.88. The van der Waals surface area contributed by atoms with Gasteiger partial charge < -0.3 is 10.6 Å². The predicted molar refractivity (Wildman–Crippen MR) is 135 cm³/mol. The molecule has 0 unspecified atom stereocenters. The molecule has 3 amide bonds. The summed E-state index contributed by atoms with van der Waals surface area (Å²) in [5, 5.41) is 5.74. The summed E-state index contributed by atoms with van der Waals surface area (Å²) in [5.41, 5.74) is 1.80. The number of rotatable bonds is 6. The van der Waals surface area contributed by atoms with Crippen molar-refractivity contribution in [3.05, 3.63) is 104 Å². The third-order valence-corrected chi connectivity index (χ3v) is 6.35. The molecule has 34 heavy (non-hydrogen) atoms. The monoisotopic (exact) mass is 533 g/mol. The minimum Gasteiger partial charge on any atom is -0.350 e. The van der Waals surface area contributed by atoms with E-state index in [0.29, 0.717) is 17.8 Å². The van der Waals surface area contributed by atoms with Crippen molar-refractivity contribution in [1.82, 2.24) is 5.32 Å². The van der Waals surface area contributed by atoms with E-state index in [9.17, 15) is 14.4 Å². The second-order valence-corrected chi connectivity index (χ2v) is 8.82. The topological polar surface area (TPSA) is 78.5 Å². The smallest absolute Gasteiger partial charge is 0.283 e. The Morgan fingerprint density at radius 1 is 0.794 bits per heavy atom. The molecule has 0 aromatic heterocycles. The van der Waals surface area contributed by atoms with Gasteiger partial charge in [-0.05, 0) is 42.0 Å². The number of carbonyl (C=O) groups is 3. The summed E-state index contributed by atoms with van der Waals surface area (Å²) < 4.78 is 0. The van der Waals surface area contributed by atoms with Crippen molar-refractivity contribution < 1.29 is 14.4 Å². The number of hydrogen-bond donors (Lipinski definition) is 2. The molecule has 172 valence electrons. The van der Waals surface area contributed by atoms with Crippen LogP contribution < -0.4 is 15.5 Å². The number of nitrogens with one attached hydrogen (secondary N) is 2. The molecular formula is C24H15Cl4N3O3. The fourth-order valence-electron chi connectivity index (χ4n) is 3.24. The van der Waals surface area contributed by atoms with Crippen molar-refractivity contribution in [2.24, 2.45) is 0 Å². The van der Waals surface area contributed by atoms with Gasteiger partial charge in [0.1, 0.15) is 10.7 Å². The maximum atomic E-state index is 13.0. The molecule has 1 heterocycles. The second-order valence-electron chi connectivity index (χ2n) is 7.22. The molecule has 0 fully saturated rings. The maximum absolute atomic E-state index is 13.0. The fraction of sp³-hybridized carbons (Fsp3) is 0.0417. The number of benzene rings is 3. The lowest BCUT2D eigenvalue weighted by molar-refractivity contribution is -0.120. The first-order valence-corrected chi connectivity index (χ1v) is 11.4. The molecule has 0 saturated carbocycles. The van der Waals surface area contributed by atoms with Crippen LogP contribution >= 0.6 is 46.4 Å². The highest BCUT2D eigenvalue weighted by atomic mass is 35.5. The summed E-state index contributed by atoms with van der Waals surface area (Å²) in [4.78, 5) is 38.9. The van der Waals surface area contributed by atoms with Gasteiger partial charge in [0.2, 0.25) is 0 Å². The van der Waals surface area contributed by atoms with Crippen molar-refractivity contribution in [1.29, 1.82) is 0 Å². The van der Waals surface area contributed by atoms with Crippen molar-refractivity contribution >= 4 is 75.5 Å². The first-order chi connectivity index (χ1) is 16.3. The van der Waals surface area contributed by atoms with Gasteiger partial charge in [-0.25, -0.2) is 4.90 Å². The first kappa shape index (κ1) is 24.1. The van der Waals surface area contributed by atoms with Gasteiger partial charge in [0, 0.05) is 17.8 Å². The van der Waals surface area contributed by atoms with Crippen LogP contribution in [0.5, 0.6) is 0 Å². The van der Waals surface area contributed by atoms with Crippen LogP contribution in [-0.4, -0.2) is 17.7 Å². The Bertz CT molecular complexity index is 1330. The highest BCUT2D eigenvalue weighted by molar-refractivity contribution is 6.54. The summed E-state index contributed by atoms with van der Waals surface area (Å²) in [6, 6.07) is 18.6. The van der Waals surface area contributed by atoms with E-state index in [4.69, 9.17) is 46.4 Å². The number of carbonyl (C=O) groups excluding carboxylic acids is 3. The molecule has 1 aliphatic rings. The zero-order valence-corrected chi connectivity index (χ0v) is 20.3. The lowest BCUT2D eigenvalue weighted by atomic mass is 10.1. The number of anilines is 2. The standard InChI is InChI=1S/C24H15Cl4N3O3/c25-16-10-18(27)19(11-17(16)26)31-23(33)20(28)21(24(31)34)30-15-8-6-14(7-9-15)22(32)29-12-13-4-2-1-3-5-13/h1-11,30H,12H2,(H,29,32). The Morgan fingerprint density at radius 2 is 1.44 bits per heavy atom. The van der Waals surface area contributed by atoms with Crippen LogP contribution in [0.25, 0.3) is 0 Å². The van der Waals surface area contributed by atoms with Crippen molar-refractivity contribution in [3.8, 4) is 0 Å². The number of imide groups is 1. The van der Waals surface area contributed by atoms with Gasteiger partial charge in [-0.3, -0.25) is 14.4 Å². The van der Waals surface area contributed by atoms with E-state index < -0.39 is 11.8 Å². The molecule has 0 saturated heterocycles. The van der Waals surface area contributed by atoms with E-state index in [0.717, 1.165) is 10.5 Å². The molecule has 0 radical (unpaired) electrons. The Labute approximate surface area is 215 Å². The molecule has 0 spiro atoms. The molecule has 4 rings (SSSR count). The van der Waals surface area contributed by atoms with Gasteiger partial charge in [-0.2, -0.15) is 0 Å². The number of nitrogens with zero attached hydrogens (tertiary/aromatic N) is 1. The van der Waals surface area contributed by atoms with Crippen LogP contribution in [0.2, 0.25) is 15.1 Å². The zero-order chi connectivity index (χ0) is 24.4. The Kier molecular flexibility index (Phi) is 7.14. The largest absolute Gasteiger partial charge is 0.350 e. The van der Waals surface area contributed by atoms with Gasteiger partial charge in [0.15, 0.2) is 0 Å². The fourth-order valence-corrected chi connectivity index (χ4v) is 4.08. The molecular weight excluding hydrogens is 520 g/mol. The summed E-state index contributed by atoms with van der Waals surface area (Å²) >= 11 is 24.3. The minimum atomic E-state index is -0.758. The maximum Gasteiger partial charge on any atom is 0.283 e. The van der Waals surface area contributed by atoms with Gasteiger partial charge >= 0.3 is 0 Å². The van der Waals surface area contributed by atoms with Crippen LogP contribution in [0, 0.1) is 0 Å². The molecule has 0 bridgehead atoms. The minimum absolute atomic E-state index is 0.0615. The van der Waals surface area contributed by atoms with Crippen molar-refractivity contribution in [2.75, 3.05) is 10.2 Å². The summed E-state index contributed by atoms with van der Waals surface area (Å²) in [6.07, 6.45) is 0. The molecule has 2 N–H and O–H groups in total. The molecule has 3 aromatic rings. The van der Waals surface area contributed by atoms with Gasteiger partial charge in [0.25, 0.3) is 17.7 Å². The Morgan fingerprint density at radius 3 is 2.12 bits per heavy atom. The Hall–Kier alpha value is -3.03. The summed E-state index contributed by atoms with van der Waals surface area (Å²) in [7, 11) is 0. The van der Waals surface area contributed by atoms with E-state index in [2.05, 4.69) is 10.6 Å². The normalized spacial score (nSPS) is 13.5. The second kappa shape index (κ2) is 10.1. The van der Waals surface area contributed by atoms with Gasteiger partial charge in [-0.15, -0.1) is 0 Å². The summed E-state index contributed by atoms with van der Waals surface area (Å²) in [5.74, 6) is -1.72. The number of amides is 3. The van der Waals surface area contributed by atoms with Gasteiger partial charge in [0.05, 0.1) is 20.8 Å². The van der Waals surface area contributed by atoms with E-state index in [1.54, 1.807) is 24.3 Å². The average molecular weight is 535 g/mol. The third-order valence-electron chi connectivity index (χ3n) is 4.97. The highest BCUT2D eigenvalue weighted by Crippen LogP contribution is 2.38. The third kappa shape index (κ3) is 4.91. The van der Waals surface area contributed by atoms with Crippen LogP contribution in [0.4, 0.5) is 11.4 Å². The molecule has 10 heteroatoms. The number of hydrogen-bond acceptors (Lipinski definition) is 4. The molecule has 3 aromatic carbocycles. The predicted octanol–water partition coefficient (Wildman–Crippen LogP) is 6.01. The van der Waals surface area contributed by atoms with Crippen molar-refractivity contribution in [3.63, 3.8) is 0 Å². The van der Waals surface area contributed by atoms with E-state index in [1.807, 2.05) is 30.3 Å². The lowest BCUT2D eigenvalue weighted by Crippen LogP contribution is -2.32. The Balaban J connectivity index is 1.47. The van der Waals surface area contributed by atoms with Crippen LogP contribution in [0.15, 0.2) is 77.5 Å². The molecule has 1 aliphatic heterocycles. The zero-order valence-electron chi connectivity index (χ0n) is 17.2. The highest BCUT2D eigenvalue weighted by Gasteiger charge is 2.40. The van der Waals surface area contributed by atoms with Crippen molar-refractivity contribution in [2.45, 2.75) is 6.54 Å². The van der Waals surface area contributed by atoms with E-state index in [1.165, 1.54) is 12.1 Å². The van der Waals surface area contributed by atoms with Crippen LogP contribution in [0.3, 0.4) is 0 Å². The molecule has 0 aliphatic carbocycles. The van der Waals surface area contributed by atoms with E-state index >= 15 is 0 Å². The SMILES string of the molecule is O=C(NCc1ccccc1)c1ccc(NC2=C(Cl)C(=O)N(c3cc(Cl)c(Cl)cc3Cl)C2=O)cc1. The van der Waals surface area contributed by atoms with Crippen LogP contribution in [0.1, 0.15) is 15.9 Å². The molecule has 0 atom stereocenters. The van der Waals surface area contributed by atoms with E-state index in [-0.39, 0.29) is 37.4 Å². The van der Waals surface area contributed by atoms with Gasteiger partial charge in [-0.1, -0.05) is 76.7 Å². The molecule has 6 nitrogen and oxygen atoms in total. The lowest BCUT2D eigenvalue weighted by Gasteiger charge is -2.17. The summed E-state index contributed by atoms with van der Waals surface area (Å²) in [6.45, 7) is 0.395.